The number of phenols is 2. The van der Waals surface area contributed by atoms with E-state index in [1.807, 2.05) is 6.92 Å². The third-order valence-corrected chi connectivity index (χ3v) is 4.45. The highest BCUT2D eigenvalue weighted by atomic mass is 16.7. The van der Waals surface area contributed by atoms with Crippen molar-refractivity contribution < 1.29 is 24.4 Å². The highest BCUT2D eigenvalue weighted by molar-refractivity contribution is 5.86. The Hall–Kier alpha value is -2.40. The first-order valence-electron chi connectivity index (χ1n) is 7.71. The molecule has 2 aliphatic rings. The largest absolute Gasteiger partial charge is 0.508 e. The molecular formula is C18H18O5. The van der Waals surface area contributed by atoms with E-state index in [9.17, 15) is 10.2 Å². The van der Waals surface area contributed by atoms with Crippen molar-refractivity contribution in [2.45, 2.75) is 26.1 Å². The lowest BCUT2D eigenvalue weighted by molar-refractivity contribution is -0.0814. The van der Waals surface area contributed by atoms with Gasteiger partial charge in [-0.15, -0.1) is 0 Å². The van der Waals surface area contributed by atoms with Crippen LogP contribution in [0.4, 0.5) is 0 Å². The van der Waals surface area contributed by atoms with Crippen LogP contribution in [0, 0.1) is 0 Å². The van der Waals surface area contributed by atoms with Gasteiger partial charge in [0.25, 0.3) is 0 Å². The molecule has 2 N–H and O–H groups in total. The van der Waals surface area contributed by atoms with Crippen LogP contribution < -0.4 is 9.47 Å². The summed E-state index contributed by atoms with van der Waals surface area (Å²) in [4.78, 5) is 0. The van der Waals surface area contributed by atoms with E-state index < -0.39 is 6.29 Å². The number of rotatable bonds is 3. The van der Waals surface area contributed by atoms with Gasteiger partial charge >= 0.3 is 0 Å². The molecule has 1 atom stereocenters. The van der Waals surface area contributed by atoms with Gasteiger partial charge < -0.3 is 24.4 Å². The Balaban J connectivity index is 2.07. The summed E-state index contributed by atoms with van der Waals surface area (Å²) in [6.45, 7) is 2.34. The zero-order valence-electron chi connectivity index (χ0n) is 13.0. The molecule has 23 heavy (non-hydrogen) atoms. The molecule has 2 aromatic carbocycles. The van der Waals surface area contributed by atoms with E-state index >= 15 is 0 Å². The molecule has 0 fully saturated rings. The van der Waals surface area contributed by atoms with Crippen LogP contribution in [0.15, 0.2) is 18.2 Å². The van der Waals surface area contributed by atoms with Gasteiger partial charge in [0.1, 0.15) is 11.5 Å². The molecule has 4 rings (SSSR count). The zero-order valence-corrected chi connectivity index (χ0v) is 13.0. The standard InChI is InChI=1S/C18H18O5/c1-3-22-18-16-15-10(7-12(20)17(16)21-2)5-4-9-6-11(19)8-13(23-18)14(9)15/h6-8,18-20H,3-5H2,1-2H3/t18-/m1/s1. The first kappa shape index (κ1) is 14.2. The van der Waals surface area contributed by atoms with Crippen molar-refractivity contribution in [1.82, 2.24) is 0 Å². The summed E-state index contributed by atoms with van der Waals surface area (Å²) < 4.78 is 17.1. The van der Waals surface area contributed by atoms with Crippen molar-refractivity contribution in [1.29, 1.82) is 0 Å². The highest BCUT2D eigenvalue weighted by Crippen LogP contribution is 2.54. The predicted octanol–water partition coefficient (Wildman–Crippen LogP) is 3.30. The molecule has 0 radical (unpaired) electrons. The van der Waals surface area contributed by atoms with Gasteiger partial charge in [0.2, 0.25) is 6.29 Å². The highest BCUT2D eigenvalue weighted by Gasteiger charge is 2.37. The summed E-state index contributed by atoms with van der Waals surface area (Å²) in [6.07, 6.45) is 0.905. The van der Waals surface area contributed by atoms with Crippen LogP contribution in [-0.2, 0) is 17.6 Å². The fraction of sp³-hybridized carbons (Fsp3) is 0.333. The molecule has 0 bridgehead atoms. The van der Waals surface area contributed by atoms with Crippen molar-refractivity contribution in [2.75, 3.05) is 13.7 Å². The number of hydrogen-bond donors (Lipinski definition) is 2. The van der Waals surface area contributed by atoms with Gasteiger partial charge in [-0.1, -0.05) is 0 Å². The van der Waals surface area contributed by atoms with Crippen LogP contribution in [0.1, 0.15) is 29.9 Å². The van der Waals surface area contributed by atoms with Crippen LogP contribution in [0.3, 0.4) is 0 Å². The van der Waals surface area contributed by atoms with E-state index in [-0.39, 0.29) is 11.5 Å². The molecule has 0 spiro atoms. The predicted molar refractivity (Wildman–Crippen MR) is 84.2 cm³/mol. The molecule has 1 heterocycles. The average Bonchev–Trinajstić information content (AvgIpc) is 2.52. The summed E-state index contributed by atoms with van der Waals surface area (Å²) >= 11 is 0. The molecule has 0 amide bonds. The molecule has 2 aromatic rings. The number of aryl methyl sites for hydroxylation is 2. The monoisotopic (exact) mass is 314 g/mol. The molecule has 5 heteroatoms. The number of benzene rings is 2. The van der Waals surface area contributed by atoms with Crippen molar-refractivity contribution in [3.05, 3.63) is 34.9 Å². The maximum absolute atomic E-state index is 10.3. The second-order valence-electron chi connectivity index (χ2n) is 5.76. The quantitative estimate of drug-likeness (QED) is 0.910. The smallest absolute Gasteiger partial charge is 0.231 e. The van der Waals surface area contributed by atoms with Gasteiger partial charge in [0.15, 0.2) is 11.5 Å². The summed E-state index contributed by atoms with van der Waals surface area (Å²) in [7, 11) is 1.52. The van der Waals surface area contributed by atoms with Crippen molar-refractivity contribution in [3.63, 3.8) is 0 Å². The lowest BCUT2D eigenvalue weighted by Gasteiger charge is -2.34. The summed E-state index contributed by atoms with van der Waals surface area (Å²) in [5.41, 5.74) is 4.78. The number of aromatic hydroxyl groups is 2. The minimum atomic E-state index is -0.670. The normalized spacial score (nSPS) is 17.4. The van der Waals surface area contributed by atoms with E-state index in [0.29, 0.717) is 18.1 Å². The maximum atomic E-state index is 10.3. The Morgan fingerprint density at radius 2 is 1.87 bits per heavy atom. The van der Waals surface area contributed by atoms with E-state index in [4.69, 9.17) is 14.2 Å². The second-order valence-corrected chi connectivity index (χ2v) is 5.76. The number of methoxy groups -OCH3 is 1. The van der Waals surface area contributed by atoms with E-state index in [1.165, 1.54) is 7.11 Å². The van der Waals surface area contributed by atoms with Crippen LogP contribution in [0.5, 0.6) is 23.0 Å². The van der Waals surface area contributed by atoms with Crippen LogP contribution >= 0.6 is 0 Å². The van der Waals surface area contributed by atoms with Gasteiger partial charge in [-0.3, -0.25) is 0 Å². The van der Waals surface area contributed by atoms with Crippen molar-refractivity contribution in [3.8, 4) is 34.1 Å². The number of ether oxygens (including phenoxy) is 3. The van der Waals surface area contributed by atoms with Crippen molar-refractivity contribution >= 4 is 0 Å². The van der Waals surface area contributed by atoms with Gasteiger partial charge in [-0.2, -0.15) is 0 Å². The fourth-order valence-electron chi connectivity index (χ4n) is 3.60. The maximum Gasteiger partial charge on any atom is 0.231 e. The fourth-order valence-corrected chi connectivity index (χ4v) is 3.60. The third-order valence-electron chi connectivity index (χ3n) is 4.45. The molecule has 1 aliphatic carbocycles. The second kappa shape index (κ2) is 5.06. The molecule has 0 aromatic heterocycles. The number of phenolic OH excluding ortho intramolecular Hbond substituents is 2. The molecule has 0 saturated heterocycles. The zero-order chi connectivity index (χ0) is 16.1. The Bertz CT molecular complexity index is 797. The Morgan fingerprint density at radius 3 is 2.57 bits per heavy atom. The van der Waals surface area contributed by atoms with Gasteiger partial charge in [-0.25, -0.2) is 0 Å². The molecule has 120 valence electrons. The summed E-state index contributed by atoms with van der Waals surface area (Å²) in [5, 5.41) is 20.2. The Labute approximate surface area is 134 Å². The van der Waals surface area contributed by atoms with Crippen LogP contribution in [-0.4, -0.2) is 23.9 Å². The molecular weight excluding hydrogens is 296 g/mol. The minimum Gasteiger partial charge on any atom is -0.508 e. The molecule has 0 saturated carbocycles. The lowest BCUT2D eigenvalue weighted by atomic mass is 9.80. The summed E-state index contributed by atoms with van der Waals surface area (Å²) in [6, 6.07) is 5.14. The van der Waals surface area contributed by atoms with Gasteiger partial charge in [0.05, 0.1) is 12.7 Å². The molecule has 0 unspecified atom stereocenters. The Kier molecular flexibility index (Phi) is 3.13. The first-order chi connectivity index (χ1) is 11.1. The van der Waals surface area contributed by atoms with E-state index in [0.717, 1.165) is 40.7 Å². The Morgan fingerprint density at radius 1 is 1.13 bits per heavy atom. The SMILES string of the molecule is CCO[C@@H]1Oc2cc(O)cc3c2-c2c(cc(O)c(OC)c21)CC3. The average molecular weight is 314 g/mol. The van der Waals surface area contributed by atoms with Gasteiger partial charge in [-0.05, 0) is 43.0 Å². The minimum absolute atomic E-state index is 0.0974. The summed E-state index contributed by atoms with van der Waals surface area (Å²) in [5.74, 6) is 1.28. The van der Waals surface area contributed by atoms with E-state index in [1.54, 1.807) is 18.2 Å². The van der Waals surface area contributed by atoms with Crippen LogP contribution in [0.25, 0.3) is 11.1 Å². The molecule has 5 nitrogen and oxygen atoms in total. The van der Waals surface area contributed by atoms with E-state index in [2.05, 4.69) is 0 Å². The number of hydrogen-bond acceptors (Lipinski definition) is 5. The lowest BCUT2D eigenvalue weighted by Crippen LogP contribution is -2.22. The van der Waals surface area contributed by atoms with Gasteiger partial charge in [0, 0.05) is 23.8 Å². The third kappa shape index (κ3) is 1.96. The first-order valence-corrected chi connectivity index (χ1v) is 7.71. The molecule has 1 aliphatic heterocycles. The van der Waals surface area contributed by atoms with Crippen molar-refractivity contribution in [2.24, 2.45) is 0 Å². The topological polar surface area (TPSA) is 68.2 Å². The van der Waals surface area contributed by atoms with Crippen LogP contribution in [0.2, 0.25) is 0 Å².